The van der Waals surface area contributed by atoms with Gasteiger partial charge in [0.25, 0.3) is 15.7 Å². The maximum Gasteiger partial charge on any atom is 0.271 e. The van der Waals surface area contributed by atoms with Crippen LogP contribution in [0, 0.1) is 21.4 Å². The van der Waals surface area contributed by atoms with E-state index < -0.39 is 20.6 Å². The molecule has 7 nitrogen and oxygen atoms in total. The summed E-state index contributed by atoms with van der Waals surface area (Å²) in [5.74, 6) is 0. The van der Waals surface area contributed by atoms with Crippen molar-refractivity contribution < 1.29 is 17.7 Å². The van der Waals surface area contributed by atoms with Gasteiger partial charge in [-0.25, -0.2) is 16.8 Å². The lowest BCUT2D eigenvalue weighted by atomic mass is 9.91. The molecule has 150 valence electrons. The van der Waals surface area contributed by atoms with Crippen LogP contribution in [0.15, 0.2) is 77.9 Å². The summed E-state index contributed by atoms with van der Waals surface area (Å²) < 4.78 is 42.0. The third-order valence-corrected chi connectivity index (χ3v) is 6.55. The Labute approximate surface area is 171 Å². The summed E-state index contributed by atoms with van der Waals surface area (Å²) in [4.78, 5) is 10.6. The second-order valence-electron chi connectivity index (χ2n) is 6.80. The van der Waals surface area contributed by atoms with Crippen molar-refractivity contribution in [3.8, 4) is 6.07 Å². The average Bonchev–Trinajstić information content (AvgIpc) is 3.14. The number of hydrogen-bond donors (Lipinski definition) is 0. The number of non-ortho nitro benzene ring substituents is 1. The number of nitrogens with zero attached hydrogens (tertiary/aromatic N) is 3. The first kappa shape index (κ1) is 19.5. The maximum atomic E-state index is 14.6. The lowest BCUT2D eigenvalue weighted by Crippen LogP contribution is -2.18. The van der Waals surface area contributed by atoms with Crippen LogP contribution < -0.4 is 0 Å². The number of nitro groups is 1. The van der Waals surface area contributed by atoms with Gasteiger partial charge in [-0.2, -0.15) is 5.26 Å². The van der Waals surface area contributed by atoms with E-state index >= 15 is 0 Å². The first-order valence-corrected chi connectivity index (χ1v) is 10.3. The lowest BCUT2D eigenvalue weighted by Gasteiger charge is -2.16. The number of allylic oxidation sites excluding steroid dienone is 4. The van der Waals surface area contributed by atoms with Crippen molar-refractivity contribution in [3.05, 3.63) is 88.6 Å². The van der Waals surface area contributed by atoms with E-state index in [4.69, 9.17) is 5.26 Å². The molecule has 1 aliphatic rings. The third kappa shape index (κ3) is 3.17. The molecule has 2 aromatic carbocycles. The van der Waals surface area contributed by atoms with Crippen LogP contribution in [0.4, 0.5) is 10.1 Å². The lowest BCUT2D eigenvalue weighted by molar-refractivity contribution is -0.384. The van der Waals surface area contributed by atoms with E-state index in [2.05, 4.69) is 0 Å². The second kappa shape index (κ2) is 6.93. The zero-order valence-corrected chi connectivity index (χ0v) is 16.2. The molecule has 1 unspecified atom stereocenters. The van der Waals surface area contributed by atoms with E-state index in [1.54, 1.807) is 30.3 Å². The van der Waals surface area contributed by atoms with Gasteiger partial charge in [0.2, 0.25) is 5.67 Å². The number of benzene rings is 2. The highest BCUT2D eigenvalue weighted by atomic mass is 32.2. The molecule has 0 fully saturated rings. The fraction of sp³-hybridized carbons (Fsp3) is 0.0952. The molecule has 1 heterocycles. The quantitative estimate of drug-likeness (QED) is 0.458. The summed E-state index contributed by atoms with van der Waals surface area (Å²) in [6.45, 7) is 0. The van der Waals surface area contributed by atoms with Crippen LogP contribution >= 0.6 is 0 Å². The van der Waals surface area contributed by atoms with Gasteiger partial charge in [-0.3, -0.25) is 10.1 Å². The molecule has 30 heavy (non-hydrogen) atoms. The molecule has 1 atom stereocenters. The molecule has 0 bridgehead atoms. The topological polar surface area (TPSA) is 106 Å². The van der Waals surface area contributed by atoms with Crippen molar-refractivity contribution >= 4 is 32.2 Å². The zero-order valence-electron chi connectivity index (χ0n) is 15.4. The Kier molecular flexibility index (Phi) is 4.51. The van der Waals surface area contributed by atoms with Gasteiger partial charge in [-0.1, -0.05) is 30.4 Å². The van der Waals surface area contributed by atoms with Crippen LogP contribution in [0.2, 0.25) is 0 Å². The maximum absolute atomic E-state index is 14.6. The summed E-state index contributed by atoms with van der Waals surface area (Å²) in [7, 11) is -4.08. The molecule has 4 rings (SSSR count). The number of halogens is 1. The molecule has 0 N–H and O–H groups in total. The van der Waals surface area contributed by atoms with Gasteiger partial charge in [0.15, 0.2) is 0 Å². The van der Waals surface area contributed by atoms with Crippen molar-refractivity contribution in [3.63, 3.8) is 0 Å². The highest BCUT2D eigenvalue weighted by Crippen LogP contribution is 2.37. The number of nitro benzene ring substituents is 1. The monoisotopic (exact) mass is 423 g/mol. The minimum Gasteiger partial charge on any atom is -0.258 e. The summed E-state index contributed by atoms with van der Waals surface area (Å²) in [5.41, 5.74) is -1.72. The van der Waals surface area contributed by atoms with Crippen molar-refractivity contribution in [2.24, 2.45) is 0 Å². The fourth-order valence-electron chi connectivity index (χ4n) is 3.39. The minimum atomic E-state index is -4.08. The van der Waals surface area contributed by atoms with E-state index in [-0.39, 0.29) is 22.5 Å². The number of rotatable bonds is 4. The predicted molar refractivity (Wildman–Crippen MR) is 109 cm³/mol. The number of nitriles is 1. The first-order chi connectivity index (χ1) is 14.2. The Balaban J connectivity index is 2.02. The third-order valence-electron chi connectivity index (χ3n) is 4.86. The highest BCUT2D eigenvalue weighted by Gasteiger charge is 2.30. The molecular weight excluding hydrogens is 409 g/mol. The molecular formula is C21H14FN3O4S. The van der Waals surface area contributed by atoms with Gasteiger partial charge in [0, 0.05) is 35.7 Å². The van der Waals surface area contributed by atoms with Crippen molar-refractivity contribution in [1.82, 2.24) is 3.97 Å². The van der Waals surface area contributed by atoms with Gasteiger partial charge in [0.1, 0.15) is 6.07 Å². The van der Waals surface area contributed by atoms with Crippen LogP contribution in [0.1, 0.15) is 12.0 Å². The number of fused-ring (bicyclic) bond motifs is 1. The molecule has 9 heteroatoms. The minimum absolute atomic E-state index is 0.00462. The fourth-order valence-corrected chi connectivity index (χ4v) is 4.77. The molecule has 0 amide bonds. The van der Waals surface area contributed by atoms with Gasteiger partial charge in [-0.05, 0) is 29.8 Å². The Morgan fingerprint density at radius 2 is 1.93 bits per heavy atom. The molecule has 0 radical (unpaired) electrons. The number of alkyl halides is 1. The van der Waals surface area contributed by atoms with Gasteiger partial charge >= 0.3 is 0 Å². The van der Waals surface area contributed by atoms with E-state index in [9.17, 15) is 22.9 Å². The number of hydrogen-bond acceptors (Lipinski definition) is 5. The van der Waals surface area contributed by atoms with Gasteiger partial charge in [-0.15, -0.1) is 0 Å². The van der Waals surface area contributed by atoms with Crippen molar-refractivity contribution in [2.75, 3.05) is 0 Å². The van der Waals surface area contributed by atoms with Crippen LogP contribution in [0.25, 0.3) is 16.5 Å². The Morgan fingerprint density at radius 1 is 1.20 bits per heavy atom. The largest absolute Gasteiger partial charge is 0.271 e. The average molecular weight is 423 g/mol. The van der Waals surface area contributed by atoms with Crippen LogP contribution in [-0.2, 0) is 10.0 Å². The standard InChI is InChI=1S/C21H14FN3O4S/c22-21(14-23)10-4-5-15(12-21)19-13-24(30(28,29)17-6-2-1-3-7-17)20-11-16(25(26)27)8-9-18(19)20/h1-9,11-13H,10H2. The van der Waals surface area contributed by atoms with Crippen LogP contribution in [0.5, 0.6) is 0 Å². The Morgan fingerprint density at radius 3 is 2.60 bits per heavy atom. The van der Waals surface area contributed by atoms with Crippen LogP contribution in [-0.4, -0.2) is 23.0 Å². The smallest absolute Gasteiger partial charge is 0.258 e. The highest BCUT2D eigenvalue weighted by molar-refractivity contribution is 7.90. The molecule has 0 spiro atoms. The molecule has 3 aromatic rings. The van der Waals surface area contributed by atoms with Gasteiger partial charge in [0.05, 0.1) is 15.3 Å². The molecule has 1 aromatic heterocycles. The summed E-state index contributed by atoms with van der Waals surface area (Å²) in [6.07, 6.45) is 5.43. The number of aromatic nitrogens is 1. The van der Waals surface area contributed by atoms with Crippen molar-refractivity contribution in [2.45, 2.75) is 17.0 Å². The van der Waals surface area contributed by atoms with E-state index in [0.29, 0.717) is 16.5 Å². The zero-order chi connectivity index (χ0) is 21.5. The molecule has 1 aliphatic carbocycles. The summed E-state index contributed by atoms with van der Waals surface area (Å²) in [6, 6.07) is 13.1. The molecule has 0 aliphatic heterocycles. The Hall–Kier alpha value is -3.77. The first-order valence-electron chi connectivity index (χ1n) is 8.85. The second-order valence-corrected chi connectivity index (χ2v) is 8.61. The SMILES string of the molecule is N#CC1(F)C=C(c2cn(S(=O)(=O)c3ccccc3)c3cc([N+](=O)[O-])ccc23)C=CC1. The van der Waals surface area contributed by atoms with Gasteiger partial charge < -0.3 is 0 Å². The molecule has 0 saturated carbocycles. The predicted octanol–water partition coefficient (Wildman–Crippen LogP) is 4.36. The summed E-state index contributed by atoms with van der Waals surface area (Å²) in [5, 5.41) is 20.8. The molecule has 0 saturated heterocycles. The van der Waals surface area contributed by atoms with E-state index in [1.807, 2.05) is 0 Å². The summed E-state index contributed by atoms with van der Waals surface area (Å²) >= 11 is 0. The van der Waals surface area contributed by atoms with Crippen molar-refractivity contribution in [1.29, 1.82) is 5.26 Å². The van der Waals surface area contributed by atoms with Crippen LogP contribution in [0.3, 0.4) is 0 Å². The van der Waals surface area contributed by atoms with E-state index in [1.165, 1.54) is 42.6 Å². The normalized spacial score (nSPS) is 18.7. The Bertz CT molecular complexity index is 1380. The van der Waals surface area contributed by atoms with E-state index in [0.717, 1.165) is 10.0 Å².